The fourth-order valence-corrected chi connectivity index (χ4v) is 3.25. The molecule has 2 N–H and O–H groups in total. The van der Waals surface area contributed by atoms with Gasteiger partial charge in [0.05, 0.1) is 17.2 Å². The number of carbonyl (C=O) groups excluding carboxylic acids is 1. The number of aliphatic carboxylic acids is 1. The number of amidine groups is 1. The number of hydrogen-bond acceptors (Lipinski definition) is 6. The molecule has 1 saturated heterocycles. The molecular formula is C20H17FN2O5S. The van der Waals surface area contributed by atoms with Gasteiger partial charge in [-0.3, -0.25) is 4.79 Å². The van der Waals surface area contributed by atoms with Crippen LogP contribution in [0.2, 0.25) is 0 Å². The Morgan fingerprint density at radius 3 is 2.66 bits per heavy atom. The van der Waals surface area contributed by atoms with Crippen molar-refractivity contribution < 1.29 is 28.6 Å². The van der Waals surface area contributed by atoms with Crippen molar-refractivity contribution in [2.45, 2.75) is 6.92 Å². The van der Waals surface area contributed by atoms with E-state index in [1.807, 2.05) is 0 Å². The average molecular weight is 416 g/mol. The number of rotatable bonds is 7. The Labute approximate surface area is 170 Å². The number of amides is 1. The van der Waals surface area contributed by atoms with E-state index in [1.54, 1.807) is 31.2 Å². The molecule has 9 heteroatoms. The lowest BCUT2D eigenvalue weighted by Gasteiger charge is -2.11. The van der Waals surface area contributed by atoms with Crippen LogP contribution in [-0.2, 0) is 9.59 Å². The molecule has 0 spiro atoms. The summed E-state index contributed by atoms with van der Waals surface area (Å²) in [4.78, 5) is 27.6. The normalized spacial score (nSPS) is 16.1. The molecule has 29 heavy (non-hydrogen) atoms. The number of aliphatic imine (C=N–C) groups is 1. The van der Waals surface area contributed by atoms with Gasteiger partial charge in [0.15, 0.2) is 23.3 Å². The third kappa shape index (κ3) is 5.58. The summed E-state index contributed by atoms with van der Waals surface area (Å²) in [5.41, 5.74) is 1.20. The Morgan fingerprint density at radius 1 is 1.21 bits per heavy atom. The summed E-state index contributed by atoms with van der Waals surface area (Å²) in [5.74, 6) is -1.07. The van der Waals surface area contributed by atoms with E-state index in [-0.39, 0.29) is 11.7 Å². The summed E-state index contributed by atoms with van der Waals surface area (Å²) in [7, 11) is 0. The number of nitrogens with zero attached hydrogens (tertiary/aromatic N) is 1. The minimum absolute atomic E-state index is 0.304. The quantitative estimate of drug-likeness (QED) is 0.670. The van der Waals surface area contributed by atoms with Crippen LogP contribution in [0.4, 0.5) is 10.1 Å². The molecule has 3 rings (SSSR count). The number of ether oxygens (including phenoxy) is 2. The molecule has 1 aliphatic rings. The molecule has 0 bridgehead atoms. The Morgan fingerprint density at radius 2 is 1.97 bits per heavy atom. The van der Waals surface area contributed by atoms with Gasteiger partial charge < -0.3 is 19.9 Å². The van der Waals surface area contributed by atoms with E-state index >= 15 is 0 Å². The van der Waals surface area contributed by atoms with E-state index in [2.05, 4.69) is 10.3 Å². The van der Waals surface area contributed by atoms with E-state index in [9.17, 15) is 14.0 Å². The molecule has 0 unspecified atom stereocenters. The number of thioether (sulfide) groups is 1. The second-order valence-corrected chi connectivity index (χ2v) is 6.81. The van der Waals surface area contributed by atoms with Gasteiger partial charge >= 0.3 is 5.97 Å². The number of hydrogen-bond donors (Lipinski definition) is 2. The maximum atomic E-state index is 13.0. The largest absolute Gasteiger partial charge is 0.490 e. The van der Waals surface area contributed by atoms with Gasteiger partial charge in [-0.25, -0.2) is 14.2 Å². The van der Waals surface area contributed by atoms with Crippen molar-refractivity contribution in [3.8, 4) is 11.5 Å². The topological polar surface area (TPSA) is 97.2 Å². The maximum Gasteiger partial charge on any atom is 0.341 e. The Hall–Kier alpha value is -3.33. The molecule has 1 heterocycles. The summed E-state index contributed by atoms with van der Waals surface area (Å²) in [6.07, 6.45) is 1.66. The zero-order valence-electron chi connectivity index (χ0n) is 15.3. The summed E-state index contributed by atoms with van der Waals surface area (Å²) >= 11 is 1.16. The molecule has 2 aromatic carbocycles. The number of carboxylic acids is 1. The van der Waals surface area contributed by atoms with Gasteiger partial charge in [-0.05, 0) is 66.7 Å². The van der Waals surface area contributed by atoms with E-state index in [4.69, 9.17) is 14.6 Å². The molecule has 1 amide bonds. The van der Waals surface area contributed by atoms with Crippen LogP contribution in [0.25, 0.3) is 6.08 Å². The summed E-state index contributed by atoms with van der Waals surface area (Å²) in [6, 6.07) is 10.6. The highest BCUT2D eigenvalue weighted by Gasteiger charge is 2.24. The highest BCUT2D eigenvalue weighted by Crippen LogP contribution is 2.32. The van der Waals surface area contributed by atoms with Gasteiger partial charge in [0, 0.05) is 0 Å². The van der Waals surface area contributed by atoms with Crippen molar-refractivity contribution in [1.29, 1.82) is 0 Å². The van der Waals surface area contributed by atoms with Crippen molar-refractivity contribution >= 4 is 40.6 Å². The number of benzene rings is 2. The Bertz CT molecular complexity index is 989. The first-order valence-corrected chi connectivity index (χ1v) is 9.43. The zero-order valence-corrected chi connectivity index (χ0v) is 16.2. The number of halogens is 1. The van der Waals surface area contributed by atoms with Crippen molar-refractivity contribution in [2.75, 3.05) is 13.2 Å². The fraction of sp³-hybridized carbons (Fsp3) is 0.150. The minimum Gasteiger partial charge on any atom is -0.490 e. The highest BCUT2D eigenvalue weighted by molar-refractivity contribution is 8.18. The molecule has 1 fully saturated rings. The summed E-state index contributed by atoms with van der Waals surface area (Å²) < 4.78 is 23.7. The van der Waals surface area contributed by atoms with Crippen molar-refractivity contribution in [3.63, 3.8) is 0 Å². The van der Waals surface area contributed by atoms with Crippen molar-refractivity contribution in [2.24, 2.45) is 4.99 Å². The SMILES string of the molecule is CCOc1cc(/C=C2/SC(=Nc3ccc(F)cc3)NC2=O)ccc1OCC(=O)O. The standard InChI is InChI=1S/C20H17FN2O5S/c1-2-27-16-9-12(3-8-15(16)28-11-18(24)25)10-17-19(26)23-20(29-17)22-14-6-4-13(21)5-7-14/h3-10H,2,11H2,1H3,(H,24,25)(H,22,23,26)/b17-10+. The van der Waals surface area contributed by atoms with Gasteiger partial charge in [0.2, 0.25) is 0 Å². The molecule has 2 aromatic rings. The van der Waals surface area contributed by atoms with Crippen LogP contribution in [0.5, 0.6) is 11.5 Å². The van der Waals surface area contributed by atoms with Gasteiger partial charge in [-0.15, -0.1) is 0 Å². The van der Waals surface area contributed by atoms with Crippen LogP contribution in [0.1, 0.15) is 12.5 Å². The lowest BCUT2D eigenvalue weighted by molar-refractivity contribution is -0.139. The van der Waals surface area contributed by atoms with Crippen LogP contribution < -0.4 is 14.8 Å². The van der Waals surface area contributed by atoms with Gasteiger partial charge in [-0.2, -0.15) is 0 Å². The molecule has 0 atom stereocenters. The minimum atomic E-state index is -1.09. The van der Waals surface area contributed by atoms with E-state index in [0.29, 0.717) is 39.4 Å². The molecule has 0 radical (unpaired) electrons. The predicted octanol–water partition coefficient (Wildman–Crippen LogP) is 3.58. The second kappa shape index (κ2) is 9.24. The first kappa shape index (κ1) is 20.4. The molecule has 0 saturated carbocycles. The smallest absolute Gasteiger partial charge is 0.341 e. The second-order valence-electron chi connectivity index (χ2n) is 5.78. The molecule has 7 nitrogen and oxygen atoms in total. The van der Waals surface area contributed by atoms with Gasteiger partial charge in [-0.1, -0.05) is 6.07 Å². The molecular weight excluding hydrogens is 399 g/mol. The summed E-state index contributed by atoms with van der Waals surface area (Å²) in [5, 5.41) is 11.8. The zero-order chi connectivity index (χ0) is 20.8. The number of carbonyl (C=O) groups is 2. The fourth-order valence-electron chi connectivity index (χ4n) is 2.41. The van der Waals surface area contributed by atoms with E-state index in [1.165, 1.54) is 24.3 Å². The van der Waals surface area contributed by atoms with E-state index < -0.39 is 12.6 Å². The Kier molecular flexibility index (Phi) is 6.50. The van der Waals surface area contributed by atoms with Crippen LogP contribution in [0.3, 0.4) is 0 Å². The average Bonchev–Trinajstić information content (AvgIpc) is 3.02. The lowest BCUT2D eigenvalue weighted by Crippen LogP contribution is -2.19. The third-order valence-electron chi connectivity index (χ3n) is 3.62. The van der Waals surface area contributed by atoms with Crippen molar-refractivity contribution in [1.82, 2.24) is 5.32 Å². The predicted molar refractivity (Wildman–Crippen MR) is 108 cm³/mol. The van der Waals surface area contributed by atoms with Gasteiger partial charge in [0.25, 0.3) is 5.91 Å². The highest BCUT2D eigenvalue weighted by atomic mass is 32.2. The van der Waals surface area contributed by atoms with Crippen LogP contribution >= 0.6 is 11.8 Å². The maximum absolute atomic E-state index is 13.0. The number of nitrogens with one attached hydrogen (secondary N) is 1. The molecule has 0 aliphatic carbocycles. The first-order chi connectivity index (χ1) is 13.9. The monoisotopic (exact) mass is 416 g/mol. The first-order valence-electron chi connectivity index (χ1n) is 8.61. The molecule has 0 aromatic heterocycles. The third-order valence-corrected chi connectivity index (χ3v) is 4.53. The van der Waals surface area contributed by atoms with E-state index in [0.717, 1.165) is 11.8 Å². The number of carboxylic acid groups (broad SMARTS) is 1. The van der Waals surface area contributed by atoms with Crippen LogP contribution in [0.15, 0.2) is 52.4 Å². The van der Waals surface area contributed by atoms with Crippen molar-refractivity contribution in [3.05, 3.63) is 58.8 Å². The Balaban J connectivity index is 1.79. The lowest BCUT2D eigenvalue weighted by atomic mass is 10.2. The van der Waals surface area contributed by atoms with Gasteiger partial charge in [0.1, 0.15) is 5.82 Å². The van der Waals surface area contributed by atoms with Crippen LogP contribution in [-0.4, -0.2) is 35.4 Å². The summed E-state index contributed by atoms with van der Waals surface area (Å²) in [6.45, 7) is 1.68. The molecule has 150 valence electrons. The molecule has 1 aliphatic heterocycles. The van der Waals surface area contributed by atoms with Crippen LogP contribution in [0, 0.1) is 5.82 Å².